The van der Waals surface area contributed by atoms with Crippen LogP contribution >= 0.6 is 11.8 Å². The van der Waals surface area contributed by atoms with Gasteiger partial charge in [-0.15, -0.1) is 0 Å². The minimum absolute atomic E-state index is 0.0118. The number of rotatable bonds is 7. The van der Waals surface area contributed by atoms with Gasteiger partial charge < -0.3 is 9.47 Å². The fraction of sp³-hybridized carbons (Fsp3) is 0.273. The first-order valence-corrected chi connectivity index (χ1v) is 10.1. The van der Waals surface area contributed by atoms with E-state index in [4.69, 9.17) is 9.47 Å². The van der Waals surface area contributed by atoms with E-state index in [0.29, 0.717) is 36.1 Å². The van der Waals surface area contributed by atoms with E-state index < -0.39 is 0 Å². The van der Waals surface area contributed by atoms with Crippen molar-refractivity contribution in [2.24, 2.45) is 4.99 Å². The van der Waals surface area contributed by atoms with Crippen LogP contribution in [-0.4, -0.2) is 36.2 Å². The van der Waals surface area contributed by atoms with Gasteiger partial charge in [-0.1, -0.05) is 36.4 Å². The maximum Gasteiger partial charge on any atom is 0.266 e. The van der Waals surface area contributed by atoms with Crippen molar-refractivity contribution >= 4 is 28.9 Å². The third kappa shape index (κ3) is 4.57. The zero-order valence-corrected chi connectivity index (χ0v) is 17.2. The minimum atomic E-state index is -0.0118. The van der Waals surface area contributed by atoms with Crippen molar-refractivity contribution < 1.29 is 14.3 Å². The van der Waals surface area contributed by atoms with Crippen LogP contribution in [-0.2, 0) is 11.4 Å². The summed E-state index contributed by atoms with van der Waals surface area (Å²) in [6, 6.07) is 15.6. The zero-order valence-electron chi connectivity index (χ0n) is 16.3. The molecule has 1 aliphatic rings. The highest BCUT2D eigenvalue weighted by atomic mass is 32.2. The van der Waals surface area contributed by atoms with Gasteiger partial charge in [0, 0.05) is 13.1 Å². The molecule has 1 amide bonds. The number of aliphatic imine (C=N–C) groups is 1. The summed E-state index contributed by atoms with van der Waals surface area (Å²) < 4.78 is 11.4. The van der Waals surface area contributed by atoms with E-state index in [-0.39, 0.29) is 5.91 Å². The zero-order chi connectivity index (χ0) is 19.9. The van der Waals surface area contributed by atoms with Crippen molar-refractivity contribution in [2.75, 3.05) is 20.2 Å². The van der Waals surface area contributed by atoms with Crippen molar-refractivity contribution in [3.63, 3.8) is 0 Å². The monoisotopic (exact) mass is 396 g/mol. The molecule has 28 heavy (non-hydrogen) atoms. The number of carbonyl (C=O) groups excluding carboxylic acids is 1. The molecule has 3 rings (SSSR count). The van der Waals surface area contributed by atoms with E-state index in [1.165, 1.54) is 11.8 Å². The van der Waals surface area contributed by atoms with Gasteiger partial charge in [0.15, 0.2) is 16.7 Å². The predicted molar refractivity (Wildman–Crippen MR) is 115 cm³/mol. The Hall–Kier alpha value is -2.73. The van der Waals surface area contributed by atoms with E-state index in [0.717, 1.165) is 16.3 Å². The van der Waals surface area contributed by atoms with Gasteiger partial charge in [0.25, 0.3) is 5.91 Å². The number of benzene rings is 2. The van der Waals surface area contributed by atoms with Crippen molar-refractivity contribution in [3.8, 4) is 11.5 Å². The lowest BCUT2D eigenvalue weighted by Crippen LogP contribution is -2.28. The number of thioether (sulfide) groups is 1. The fourth-order valence-electron chi connectivity index (χ4n) is 2.82. The van der Waals surface area contributed by atoms with Crippen LogP contribution in [0.4, 0.5) is 0 Å². The van der Waals surface area contributed by atoms with Crippen LogP contribution in [0.1, 0.15) is 25.0 Å². The van der Waals surface area contributed by atoms with Crippen LogP contribution in [0.2, 0.25) is 0 Å². The van der Waals surface area contributed by atoms with Crippen molar-refractivity contribution in [1.82, 2.24) is 4.90 Å². The van der Waals surface area contributed by atoms with Crippen LogP contribution in [0.15, 0.2) is 58.4 Å². The molecule has 0 spiro atoms. The number of carbonyl (C=O) groups is 1. The van der Waals surface area contributed by atoms with Gasteiger partial charge in [-0.05, 0) is 54.9 Å². The maximum atomic E-state index is 12.6. The SMILES string of the molecule is CCN=C1S/C(=C/c2ccc(OC)c(OCc3ccccc3)c2)C(=O)N1CC. The van der Waals surface area contributed by atoms with Gasteiger partial charge in [0.05, 0.1) is 12.0 Å². The molecule has 0 N–H and O–H groups in total. The van der Waals surface area contributed by atoms with E-state index >= 15 is 0 Å². The van der Waals surface area contributed by atoms with Crippen LogP contribution in [0.3, 0.4) is 0 Å². The van der Waals surface area contributed by atoms with Gasteiger partial charge in [-0.2, -0.15) is 0 Å². The Morgan fingerprint density at radius 3 is 2.57 bits per heavy atom. The molecule has 146 valence electrons. The second kappa shape index (κ2) is 9.46. The predicted octanol–water partition coefficient (Wildman–Crippen LogP) is 4.59. The lowest BCUT2D eigenvalue weighted by Gasteiger charge is -2.12. The highest BCUT2D eigenvalue weighted by Gasteiger charge is 2.31. The summed E-state index contributed by atoms with van der Waals surface area (Å²) in [5.41, 5.74) is 1.96. The molecule has 1 heterocycles. The van der Waals surface area contributed by atoms with Crippen molar-refractivity contribution in [1.29, 1.82) is 0 Å². The topological polar surface area (TPSA) is 51.1 Å². The molecule has 0 atom stereocenters. The molecule has 2 aromatic carbocycles. The average Bonchev–Trinajstić information content (AvgIpc) is 3.01. The number of amides is 1. The molecular weight excluding hydrogens is 372 g/mol. The number of methoxy groups -OCH3 is 1. The van der Waals surface area contributed by atoms with Crippen molar-refractivity contribution in [2.45, 2.75) is 20.5 Å². The van der Waals surface area contributed by atoms with Crippen LogP contribution in [0, 0.1) is 0 Å². The number of nitrogens with zero attached hydrogens (tertiary/aromatic N) is 2. The molecule has 0 aliphatic carbocycles. The highest BCUT2D eigenvalue weighted by molar-refractivity contribution is 8.18. The summed E-state index contributed by atoms with van der Waals surface area (Å²) in [4.78, 5) is 19.4. The molecule has 5 nitrogen and oxygen atoms in total. The molecule has 2 aromatic rings. The molecule has 0 unspecified atom stereocenters. The number of amidine groups is 1. The third-order valence-corrected chi connectivity index (χ3v) is 5.26. The largest absolute Gasteiger partial charge is 0.493 e. The van der Waals surface area contributed by atoms with Crippen molar-refractivity contribution in [3.05, 3.63) is 64.6 Å². The minimum Gasteiger partial charge on any atom is -0.493 e. The Labute approximate surface area is 170 Å². The summed E-state index contributed by atoms with van der Waals surface area (Å²) in [7, 11) is 1.62. The summed E-state index contributed by atoms with van der Waals surface area (Å²) in [6.07, 6.45) is 1.88. The first-order chi connectivity index (χ1) is 13.7. The maximum absolute atomic E-state index is 12.6. The van der Waals surface area contributed by atoms with Gasteiger partial charge >= 0.3 is 0 Å². The molecule has 1 saturated heterocycles. The Morgan fingerprint density at radius 1 is 1.11 bits per heavy atom. The van der Waals surface area contributed by atoms with E-state index in [1.807, 2.05) is 68.5 Å². The Kier molecular flexibility index (Phi) is 6.76. The summed E-state index contributed by atoms with van der Waals surface area (Å²) in [5.74, 6) is 1.29. The van der Waals surface area contributed by atoms with Crippen LogP contribution in [0.5, 0.6) is 11.5 Å². The molecule has 1 aliphatic heterocycles. The fourth-order valence-corrected chi connectivity index (χ4v) is 3.93. The summed E-state index contributed by atoms with van der Waals surface area (Å²) in [5, 5.41) is 0.760. The van der Waals surface area contributed by atoms with Crippen LogP contribution < -0.4 is 9.47 Å². The number of hydrogen-bond donors (Lipinski definition) is 0. The second-order valence-electron chi connectivity index (χ2n) is 6.10. The van der Waals surface area contributed by atoms with Gasteiger partial charge in [0.2, 0.25) is 0 Å². The normalized spacial score (nSPS) is 16.8. The molecule has 0 saturated carbocycles. The van der Waals surface area contributed by atoms with E-state index in [2.05, 4.69) is 4.99 Å². The Balaban J connectivity index is 1.83. The smallest absolute Gasteiger partial charge is 0.266 e. The first-order valence-electron chi connectivity index (χ1n) is 9.26. The Morgan fingerprint density at radius 2 is 1.89 bits per heavy atom. The number of hydrogen-bond acceptors (Lipinski definition) is 5. The molecule has 6 heteroatoms. The summed E-state index contributed by atoms with van der Waals surface area (Å²) in [6.45, 7) is 5.63. The lowest BCUT2D eigenvalue weighted by molar-refractivity contribution is -0.122. The van der Waals surface area contributed by atoms with Gasteiger partial charge in [0.1, 0.15) is 6.61 Å². The molecule has 0 radical (unpaired) electrons. The first kappa shape index (κ1) is 20.0. The van der Waals surface area contributed by atoms with Gasteiger partial charge in [-0.25, -0.2) is 0 Å². The quantitative estimate of drug-likeness (QED) is 0.643. The molecule has 0 bridgehead atoms. The average molecular weight is 397 g/mol. The molecule has 1 fully saturated rings. The molecular formula is C22H24N2O3S. The third-order valence-electron chi connectivity index (χ3n) is 4.22. The lowest BCUT2D eigenvalue weighted by atomic mass is 10.1. The number of ether oxygens (including phenoxy) is 2. The van der Waals surface area contributed by atoms with Crippen LogP contribution in [0.25, 0.3) is 6.08 Å². The van der Waals surface area contributed by atoms with E-state index in [1.54, 1.807) is 12.0 Å². The highest BCUT2D eigenvalue weighted by Crippen LogP contribution is 2.34. The summed E-state index contributed by atoms with van der Waals surface area (Å²) >= 11 is 1.41. The second-order valence-corrected chi connectivity index (χ2v) is 7.11. The van der Waals surface area contributed by atoms with Gasteiger partial charge in [-0.3, -0.25) is 14.7 Å². The van der Waals surface area contributed by atoms with E-state index in [9.17, 15) is 4.79 Å². The standard InChI is InChI=1S/C22H24N2O3S/c1-4-23-22-24(5-2)21(25)20(28-22)14-17-11-12-18(26-3)19(13-17)27-15-16-9-7-6-8-10-16/h6-14H,4-5,15H2,1-3H3/b20-14+,23-22?. The molecule has 0 aromatic heterocycles. The number of likely N-dealkylation sites (N-methyl/N-ethyl adjacent to an activating group) is 1. The Bertz CT molecular complexity index is 894.